The van der Waals surface area contributed by atoms with Crippen molar-refractivity contribution in [2.75, 3.05) is 10.8 Å². The molecule has 0 aliphatic heterocycles. The maximum atomic E-state index is 13.4. The van der Waals surface area contributed by atoms with Gasteiger partial charge in [-0.3, -0.25) is 9.10 Å². The van der Waals surface area contributed by atoms with Crippen LogP contribution in [0.1, 0.15) is 16.7 Å². The van der Waals surface area contributed by atoms with E-state index in [4.69, 9.17) is 23.2 Å². The van der Waals surface area contributed by atoms with Crippen molar-refractivity contribution in [2.45, 2.75) is 18.7 Å². The number of carbonyl (C=O) groups is 1. The van der Waals surface area contributed by atoms with Gasteiger partial charge in [0.05, 0.1) is 16.8 Å². The minimum absolute atomic E-state index is 0.0673. The van der Waals surface area contributed by atoms with Crippen molar-refractivity contribution in [3.63, 3.8) is 0 Å². The molecule has 0 radical (unpaired) electrons. The number of aryl methyl sites for hydroxylation is 2. The number of carbonyl (C=O) groups excluding carboxylic acids is 1. The van der Waals surface area contributed by atoms with E-state index < -0.39 is 22.5 Å². The number of hydrogen-bond donors (Lipinski definition) is 1. The molecule has 0 aromatic heterocycles. The maximum Gasteiger partial charge on any atom is 0.264 e. The fourth-order valence-corrected chi connectivity index (χ4v) is 4.76. The van der Waals surface area contributed by atoms with Crippen LogP contribution in [0.5, 0.6) is 0 Å². The van der Waals surface area contributed by atoms with Crippen molar-refractivity contribution >= 4 is 51.0 Å². The second-order valence-corrected chi connectivity index (χ2v) is 9.84. The van der Waals surface area contributed by atoms with Crippen LogP contribution in [0.3, 0.4) is 0 Å². The molecule has 0 spiro atoms. The highest BCUT2D eigenvalue weighted by atomic mass is 35.5. The molecule has 3 aromatic carbocycles. The van der Waals surface area contributed by atoms with Gasteiger partial charge >= 0.3 is 0 Å². The lowest BCUT2D eigenvalue weighted by molar-refractivity contribution is -0.119. The third kappa shape index (κ3) is 5.88. The number of anilines is 1. The number of amides is 1. The van der Waals surface area contributed by atoms with Gasteiger partial charge in [0.15, 0.2) is 0 Å². The van der Waals surface area contributed by atoms with Crippen molar-refractivity contribution in [3.05, 3.63) is 93.5 Å². The first-order valence-corrected chi connectivity index (χ1v) is 11.8. The highest BCUT2D eigenvalue weighted by Crippen LogP contribution is 2.29. The number of halogens is 2. The first-order valence-electron chi connectivity index (χ1n) is 9.60. The van der Waals surface area contributed by atoms with Crippen LogP contribution >= 0.6 is 23.2 Å². The highest BCUT2D eigenvalue weighted by Gasteiger charge is 2.28. The van der Waals surface area contributed by atoms with Gasteiger partial charge in [0.1, 0.15) is 6.54 Å². The zero-order chi connectivity index (χ0) is 23.3. The second kappa shape index (κ2) is 10.2. The molecule has 0 bridgehead atoms. The summed E-state index contributed by atoms with van der Waals surface area (Å²) in [7, 11) is -4.04. The van der Waals surface area contributed by atoms with E-state index in [-0.39, 0.29) is 4.90 Å². The summed E-state index contributed by atoms with van der Waals surface area (Å²) < 4.78 is 27.9. The van der Waals surface area contributed by atoms with E-state index in [1.807, 2.05) is 6.92 Å². The summed E-state index contributed by atoms with van der Waals surface area (Å²) in [5.74, 6) is -0.613. The van der Waals surface area contributed by atoms with Gasteiger partial charge in [-0.1, -0.05) is 59.1 Å². The Kier molecular flexibility index (Phi) is 7.56. The van der Waals surface area contributed by atoms with Gasteiger partial charge < -0.3 is 0 Å². The minimum atomic E-state index is -4.04. The van der Waals surface area contributed by atoms with E-state index in [9.17, 15) is 13.2 Å². The maximum absolute atomic E-state index is 13.4. The van der Waals surface area contributed by atoms with Crippen LogP contribution in [0.4, 0.5) is 5.69 Å². The normalized spacial score (nSPS) is 11.5. The fourth-order valence-electron chi connectivity index (χ4n) is 2.92. The molecule has 1 amide bonds. The molecule has 3 aromatic rings. The van der Waals surface area contributed by atoms with Crippen LogP contribution in [0.25, 0.3) is 0 Å². The van der Waals surface area contributed by atoms with Crippen LogP contribution in [0.2, 0.25) is 10.0 Å². The molecule has 0 aliphatic rings. The van der Waals surface area contributed by atoms with Gasteiger partial charge in [-0.25, -0.2) is 13.8 Å². The lowest BCUT2D eigenvalue weighted by Gasteiger charge is -2.25. The lowest BCUT2D eigenvalue weighted by atomic mass is 10.2. The molecule has 32 heavy (non-hydrogen) atoms. The summed E-state index contributed by atoms with van der Waals surface area (Å²) >= 11 is 12.1. The Morgan fingerprint density at radius 3 is 2.38 bits per heavy atom. The smallest absolute Gasteiger partial charge is 0.264 e. The molecule has 0 aliphatic carbocycles. The largest absolute Gasteiger partial charge is 0.271 e. The number of nitrogens with zero attached hydrogens (tertiary/aromatic N) is 2. The number of nitrogens with one attached hydrogen (secondary N) is 1. The molecule has 0 saturated heterocycles. The molecule has 0 fully saturated rings. The van der Waals surface area contributed by atoms with E-state index in [0.29, 0.717) is 26.9 Å². The van der Waals surface area contributed by atoms with Gasteiger partial charge in [-0.05, 0) is 61.4 Å². The van der Waals surface area contributed by atoms with Crippen molar-refractivity contribution in [3.8, 4) is 0 Å². The van der Waals surface area contributed by atoms with Gasteiger partial charge in [0.2, 0.25) is 0 Å². The Morgan fingerprint density at radius 2 is 1.69 bits per heavy atom. The van der Waals surface area contributed by atoms with Gasteiger partial charge in [-0.2, -0.15) is 5.10 Å². The van der Waals surface area contributed by atoms with E-state index in [0.717, 1.165) is 9.87 Å². The van der Waals surface area contributed by atoms with Crippen LogP contribution in [0, 0.1) is 13.8 Å². The monoisotopic (exact) mass is 489 g/mol. The first kappa shape index (κ1) is 23.8. The Morgan fingerprint density at radius 1 is 1.00 bits per heavy atom. The van der Waals surface area contributed by atoms with Gasteiger partial charge in [0.25, 0.3) is 15.9 Å². The van der Waals surface area contributed by atoms with Crippen LogP contribution in [0.15, 0.2) is 76.7 Å². The lowest BCUT2D eigenvalue weighted by Crippen LogP contribution is -2.40. The molecule has 0 atom stereocenters. The third-order valence-corrected chi connectivity index (χ3v) is 6.83. The zero-order valence-corrected chi connectivity index (χ0v) is 19.7. The number of sulfonamides is 1. The van der Waals surface area contributed by atoms with Crippen molar-refractivity contribution < 1.29 is 13.2 Å². The van der Waals surface area contributed by atoms with Crippen LogP contribution < -0.4 is 9.73 Å². The summed E-state index contributed by atoms with van der Waals surface area (Å²) in [6.07, 6.45) is 1.42. The third-order valence-electron chi connectivity index (χ3n) is 4.59. The van der Waals surface area contributed by atoms with E-state index in [1.165, 1.54) is 24.4 Å². The molecule has 0 heterocycles. The van der Waals surface area contributed by atoms with E-state index in [1.54, 1.807) is 55.5 Å². The summed E-state index contributed by atoms with van der Waals surface area (Å²) in [4.78, 5) is 12.7. The molecule has 0 saturated carbocycles. The SMILES string of the molecule is Cc1ccc(S(=O)(=O)N(CC(=O)N/N=C\c2cccc(Cl)c2)c2cc(Cl)ccc2C)cc1. The average Bonchev–Trinajstić information content (AvgIpc) is 2.74. The average molecular weight is 490 g/mol. The number of rotatable bonds is 7. The Hall–Kier alpha value is -2.87. The minimum Gasteiger partial charge on any atom is -0.271 e. The standard InChI is InChI=1S/C23H21Cl2N3O3S/c1-16-6-10-21(11-7-16)32(30,31)28(22-13-20(25)9-8-17(22)2)15-23(29)27-26-14-18-4-3-5-19(24)12-18/h3-14H,15H2,1-2H3,(H,27,29)/b26-14-. The predicted molar refractivity (Wildman–Crippen MR) is 129 cm³/mol. The first-order chi connectivity index (χ1) is 15.2. The number of hydrazone groups is 1. The highest BCUT2D eigenvalue weighted by molar-refractivity contribution is 7.92. The molecule has 0 unspecified atom stereocenters. The quantitative estimate of drug-likeness (QED) is 0.376. The van der Waals surface area contributed by atoms with Crippen molar-refractivity contribution in [2.24, 2.45) is 5.10 Å². The molecule has 3 rings (SSSR count). The fraction of sp³-hybridized carbons (Fsp3) is 0.130. The summed E-state index contributed by atoms with van der Waals surface area (Å²) in [6.45, 7) is 3.13. The van der Waals surface area contributed by atoms with Crippen LogP contribution in [-0.4, -0.2) is 27.1 Å². The number of benzene rings is 3. The predicted octanol–water partition coefficient (Wildman–Crippen LogP) is 4.96. The topological polar surface area (TPSA) is 78.8 Å². The molecule has 6 nitrogen and oxygen atoms in total. The number of hydrogen-bond acceptors (Lipinski definition) is 4. The Balaban J connectivity index is 1.89. The van der Waals surface area contributed by atoms with Gasteiger partial charge in [0, 0.05) is 10.0 Å². The van der Waals surface area contributed by atoms with Gasteiger partial charge in [-0.15, -0.1) is 0 Å². The van der Waals surface area contributed by atoms with E-state index >= 15 is 0 Å². The van der Waals surface area contributed by atoms with Crippen molar-refractivity contribution in [1.82, 2.24) is 5.43 Å². The molecule has 1 N–H and O–H groups in total. The van der Waals surface area contributed by atoms with Crippen LogP contribution in [-0.2, 0) is 14.8 Å². The Bertz CT molecular complexity index is 1260. The summed E-state index contributed by atoms with van der Waals surface area (Å²) in [6, 6.07) is 18.2. The molecular formula is C23H21Cl2N3O3S. The van der Waals surface area contributed by atoms with E-state index in [2.05, 4.69) is 10.5 Å². The molecular weight excluding hydrogens is 469 g/mol. The second-order valence-electron chi connectivity index (χ2n) is 7.10. The summed E-state index contributed by atoms with van der Waals surface area (Å²) in [5, 5.41) is 4.79. The molecule has 9 heteroatoms. The summed E-state index contributed by atoms with van der Waals surface area (Å²) in [5.41, 5.74) is 4.94. The van der Waals surface area contributed by atoms with Crippen molar-refractivity contribution in [1.29, 1.82) is 0 Å². The molecule has 166 valence electrons. The zero-order valence-electron chi connectivity index (χ0n) is 17.4. The Labute approximate surface area is 197 Å².